The van der Waals surface area contributed by atoms with Gasteiger partial charge in [-0.1, -0.05) is 48.5 Å². The van der Waals surface area contributed by atoms with Gasteiger partial charge in [-0.3, -0.25) is 0 Å². The van der Waals surface area contributed by atoms with Crippen LogP contribution in [0.15, 0.2) is 48.5 Å². The standard InChI is InChI=1S/C20H22N2O3/c21-11-14-12-22(9-10-24-14)20(23)25-13-19-17-7-3-1-5-15(17)16-6-2-4-8-18(16)19/h1-8,14,19H,9-13,21H2/t14-/m1/s1. The number of hydrogen-bond donors (Lipinski definition) is 1. The molecule has 1 amide bonds. The number of carbonyl (C=O) groups is 1. The molecule has 0 spiro atoms. The molecule has 4 rings (SSSR count). The predicted molar refractivity (Wildman–Crippen MR) is 95.4 cm³/mol. The molecule has 5 nitrogen and oxygen atoms in total. The van der Waals surface area contributed by atoms with Gasteiger partial charge >= 0.3 is 6.09 Å². The molecule has 1 aliphatic carbocycles. The number of rotatable bonds is 3. The fraction of sp³-hybridized carbons (Fsp3) is 0.350. The first-order valence-electron chi connectivity index (χ1n) is 8.69. The van der Waals surface area contributed by atoms with Gasteiger partial charge in [-0.05, 0) is 22.3 Å². The minimum atomic E-state index is -0.288. The number of carbonyl (C=O) groups excluding carboxylic acids is 1. The van der Waals surface area contributed by atoms with Crippen molar-refractivity contribution < 1.29 is 14.3 Å². The predicted octanol–water partition coefficient (Wildman–Crippen LogP) is 2.60. The Balaban J connectivity index is 1.49. The van der Waals surface area contributed by atoms with Crippen molar-refractivity contribution in [2.75, 3.05) is 32.8 Å². The van der Waals surface area contributed by atoms with Gasteiger partial charge in [-0.2, -0.15) is 0 Å². The summed E-state index contributed by atoms with van der Waals surface area (Å²) >= 11 is 0. The normalized spacial score (nSPS) is 19.4. The summed E-state index contributed by atoms with van der Waals surface area (Å²) in [7, 11) is 0. The smallest absolute Gasteiger partial charge is 0.409 e. The molecule has 2 N–H and O–H groups in total. The maximum Gasteiger partial charge on any atom is 0.409 e. The molecule has 1 saturated heterocycles. The lowest BCUT2D eigenvalue weighted by Gasteiger charge is -2.31. The molecule has 0 unspecified atom stereocenters. The molecule has 1 fully saturated rings. The highest BCUT2D eigenvalue weighted by Crippen LogP contribution is 2.44. The Kier molecular flexibility index (Phi) is 4.42. The first kappa shape index (κ1) is 16.1. The molecule has 1 heterocycles. The second kappa shape index (κ2) is 6.86. The van der Waals surface area contributed by atoms with Gasteiger partial charge in [0.1, 0.15) is 6.61 Å². The van der Waals surface area contributed by atoms with Crippen LogP contribution in [0, 0.1) is 0 Å². The molecule has 0 aromatic heterocycles. The van der Waals surface area contributed by atoms with E-state index < -0.39 is 0 Å². The van der Waals surface area contributed by atoms with E-state index in [1.807, 2.05) is 24.3 Å². The Bertz CT molecular complexity index is 732. The van der Waals surface area contributed by atoms with Crippen molar-refractivity contribution in [3.8, 4) is 11.1 Å². The summed E-state index contributed by atoms with van der Waals surface area (Å²) in [5.74, 6) is 0.0858. The maximum atomic E-state index is 12.4. The van der Waals surface area contributed by atoms with E-state index >= 15 is 0 Å². The summed E-state index contributed by atoms with van der Waals surface area (Å²) in [5, 5.41) is 0. The lowest BCUT2D eigenvalue weighted by Crippen LogP contribution is -2.48. The van der Waals surface area contributed by atoms with E-state index in [1.54, 1.807) is 4.90 Å². The molecule has 5 heteroatoms. The Morgan fingerprint density at radius 1 is 1.12 bits per heavy atom. The van der Waals surface area contributed by atoms with Gasteiger partial charge in [0.2, 0.25) is 0 Å². The van der Waals surface area contributed by atoms with E-state index in [0.717, 1.165) is 0 Å². The molecule has 0 saturated carbocycles. The first-order chi connectivity index (χ1) is 12.3. The Morgan fingerprint density at radius 3 is 2.40 bits per heavy atom. The van der Waals surface area contributed by atoms with Crippen LogP contribution in [0.3, 0.4) is 0 Å². The summed E-state index contributed by atoms with van der Waals surface area (Å²) in [6.07, 6.45) is -0.391. The fourth-order valence-electron chi connectivity index (χ4n) is 3.71. The zero-order valence-corrected chi connectivity index (χ0v) is 14.1. The van der Waals surface area contributed by atoms with E-state index in [9.17, 15) is 4.79 Å². The number of morpholine rings is 1. The molecular formula is C20H22N2O3. The second-order valence-electron chi connectivity index (χ2n) is 6.48. The molecular weight excluding hydrogens is 316 g/mol. The fourth-order valence-corrected chi connectivity index (χ4v) is 3.71. The lowest BCUT2D eigenvalue weighted by atomic mass is 9.98. The minimum Gasteiger partial charge on any atom is -0.448 e. The van der Waals surface area contributed by atoms with E-state index in [0.29, 0.717) is 32.8 Å². The van der Waals surface area contributed by atoms with Crippen LogP contribution in [0.1, 0.15) is 17.0 Å². The third-order valence-corrected chi connectivity index (χ3v) is 5.00. The Hall–Kier alpha value is -2.37. The molecule has 2 aromatic carbocycles. The molecule has 2 aliphatic rings. The summed E-state index contributed by atoms with van der Waals surface area (Å²) in [6.45, 7) is 2.30. The zero-order chi connectivity index (χ0) is 17.2. The van der Waals surface area contributed by atoms with Gasteiger partial charge in [-0.15, -0.1) is 0 Å². The number of nitrogens with zero attached hydrogens (tertiary/aromatic N) is 1. The molecule has 0 radical (unpaired) electrons. The van der Waals surface area contributed by atoms with Gasteiger partial charge in [0.15, 0.2) is 0 Å². The monoisotopic (exact) mass is 338 g/mol. The van der Waals surface area contributed by atoms with Gasteiger partial charge in [0.05, 0.1) is 19.3 Å². The topological polar surface area (TPSA) is 64.8 Å². The largest absolute Gasteiger partial charge is 0.448 e. The Labute approximate surface area is 147 Å². The Morgan fingerprint density at radius 2 is 1.76 bits per heavy atom. The highest BCUT2D eigenvalue weighted by molar-refractivity contribution is 5.79. The van der Waals surface area contributed by atoms with Crippen molar-refractivity contribution in [2.45, 2.75) is 12.0 Å². The third kappa shape index (κ3) is 3.01. The summed E-state index contributed by atoms with van der Waals surface area (Å²) in [5.41, 5.74) is 10.5. The van der Waals surface area contributed by atoms with Crippen molar-refractivity contribution in [1.82, 2.24) is 4.90 Å². The number of benzene rings is 2. The van der Waals surface area contributed by atoms with Crippen LogP contribution in [0.5, 0.6) is 0 Å². The number of amides is 1. The van der Waals surface area contributed by atoms with Gasteiger partial charge in [-0.25, -0.2) is 4.79 Å². The van der Waals surface area contributed by atoms with Crippen LogP contribution in [0.25, 0.3) is 11.1 Å². The zero-order valence-electron chi connectivity index (χ0n) is 14.1. The molecule has 0 bridgehead atoms. The van der Waals surface area contributed by atoms with Crippen molar-refractivity contribution in [3.63, 3.8) is 0 Å². The van der Waals surface area contributed by atoms with Crippen LogP contribution >= 0.6 is 0 Å². The van der Waals surface area contributed by atoms with Crippen LogP contribution in [-0.4, -0.2) is 49.9 Å². The highest BCUT2D eigenvalue weighted by atomic mass is 16.6. The summed E-state index contributed by atoms with van der Waals surface area (Å²) < 4.78 is 11.2. The van der Waals surface area contributed by atoms with E-state index in [-0.39, 0.29) is 18.1 Å². The molecule has 1 aliphatic heterocycles. The van der Waals surface area contributed by atoms with Gasteiger partial charge in [0, 0.05) is 19.0 Å². The number of ether oxygens (including phenoxy) is 2. The van der Waals surface area contributed by atoms with Crippen molar-refractivity contribution in [3.05, 3.63) is 59.7 Å². The third-order valence-electron chi connectivity index (χ3n) is 5.00. The number of nitrogens with two attached hydrogens (primary N) is 1. The number of hydrogen-bond acceptors (Lipinski definition) is 4. The highest BCUT2D eigenvalue weighted by Gasteiger charge is 2.30. The average molecular weight is 338 g/mol. The second-order valence-corrected chi connectivity index (χ2v) is 6.48. The first-order valence-corrected chi connectivity index (χ1v) is 8.69. The van der Waals surface area contributed by atoms with Crippen LogP contribution in [0.4, 0.5) is 4.79 Å². The quantitative estimate of drug-likeness (QED) is 0.934. The molecule has 1 atom stereocenters. The SMILES string of the molecule is NC[C@@H]1CN(C(=O)OCC2c3ccccc3-c3ccccc32)CCO1. The van der Waals surface area contributed by atoms with Crippen LogP contribution < -0.4 is 5.73 Å². The van der Waals surface area contributed by atoms with Crippen LogP contribution in [0.2, 0.25) is 0 Å². The lowest BCUT2D eigenvalue weighted by molar-refractivity contribution is -0.0227. The average Bonchev–Trinajstić information content (AvgIpc) is 3.00. The summed E-state index contributed by atoms with van der Waals surface area (Å²) in [6, 6.07) is 16.7. The van der Waals surface area contributed by atoms with E-state index in [1.165, 1.54) is 22.3 Å². The number of fused-ring (bicyclic) bond motifs is 3. The van der Waals surface area contributed by atoms with Gasteiger partial charge < -0.3 is 20.1 Å². The van der Waals surface area contributed by atoms with Crippen molar-refractivity contribution in [1.29, 1.82) is 0 Å². The molecule has 25 heavy (non-hydrogen) atoms. The van der Waals surface area contributed by atoms with Crippen molar-refractivity contribution >= 4 is 6.09 Å². The molecule has 2 aromatic rings. The molecule has 130 valence electrons. The van der Waals surface area contributed by atoms with Crippen LogP contribution in [-0.2, 0) is 9.47 Å². The minimum absolute atomic E-state index is 0.0858. The summed E-state index contributed by atoms with van der Waals surface area (Å²) in [4.78, 5) is 14.1. The van der Waals surface area contributed by atoms with Gasteiger partial charge in [0.25, 0.3) is 0 Å². The maximum absolute atomic E-state index is 12.4. The van der Waals surface area contributed by atoms with E-state index in [4.69, 9.17) is 15.2 Å². The van der Waals surface area contributed by atoms with E-state index in [2.05, 4.69) is 24.3 Å². The van der Waals surface area contributed by atoms with Crippen molar-refractivity contribution in [2.24, 2.45) is 5.73 Å².